The zero-order valence-corrected chi connectivity index (χ0v) is 19.1. The van der Waals surface area contributed by atoms with Gasteiger partial charge in [0.1, 0.15) is 6.04 Å². The van der Waals surface area contributed by atoms with E-state index in [1.807, 2.05) is 12.1 Å². The van der Waals surface area contributed by atoms with Gasteiger partial charge in [0, 0.05) is 43.2 Å². The number of ether oxygens (including phenoxy) is 1. The van der Waals surface area contributed by atoms with Gasteiger partial charge in [0.05, 0.1) is 18.1 Å². The highest BCUT2D eigenvalue weighted by atomic mass is 32.2. The molecule has 2 heterocycles. The topological polar surface area (TPSA) is 91.0 Å². The van der Waals surface area contributed by atoms with Crippen molar-refractivity contribution in [3.63, 3.8) is 0 Å². The largest absolute Gasteiger partial charge is 0.379 e. The minimum absolute atomic E-state index is 0.162. The summed E-state index contributed by atoms with van der Waals surface area (Å²) in [5.41, 5.74) is 2.50. The highest BCUT2D eigenvalue weighted by molar-refractivity contribution is 7.89. The molecule has 2 aliphatic heterocycles. The third-order valence-electron chi connectivity index (χ3n) is 5.82. The normalized spacial score (nSPS) is 18.3. The monoisotopic (exact) mass is 458 g/mol. The highest BCUT2D eigenvalue weighted by Gasteiger charge is 2.26. The van der Waals surface area contributed by atoms with E-state index in [-0.39, 0.29) is 10.8 Å². The minimum atomic E-state index is -3.62. The molecule has 0 spiro atoms. The Bertz CT molecular complexity index is 1030. The maximum atomic E-state index is 12.9. The van der Waals surface area contributed by atoms with E-state index < -0.39 is 16.1 Å². The van der Waals surface area contributed by atoms with Crippen LogP contribution in [0.4, 0.5) is 17.1 Å². The van der Waals surface area contributed by atoms with Gasteiger partial charge in [-0.2, -0.15) is 4.31 Å². The van der Waals surface area contributed by atoms with Crippen LogP contribution in [0.15, 0.2) is 53.4 Å². The van der Waals surface area contributed by atoms with Crippen molar-refractivity contribution in [3.8, 4) is 0 Å². The van der Waals surface area contributed by atoms with Gasteiger partial charge in [-0.15, -0.1) is 0 Å². The molecule has 1 atom stereocenters. The molecule has 1 amide bonds. The molecular formula is C23H30N4O4S. The second kappa shape index (κ2) is 9.89. The quantitative estimate of drug-likeness (QED) is 0.663. The Morgan fingerprint density at radius 2 is 1.66 bits per heavy atom. The lowest BCUT2D eigenvalue weighted by Crippen LogP contribution is -2.40. The van der Waals surface area contributed by atoms with Crippen molar-refractivity contribution >= 4 is 33.0 Å². The van der Waals surface area contributed by atoms with Crippen LogP contribution in [-0.2, 0) is 19.6 Å². The van der Waals surface area contributed by atoms with Crippen molar-refractivity contribution in [2.75, 3.05) is 54.9 Å². The van der Waals surface area contributed by atoms with E-state index in [2.05, 4.69) is 27.7 Å². The van der Waals surface area contributed by atoms with Crippen LogP contribution in [0.1, 0.15) is 19.8 Å². The van der Waals surface area contributed by atoms with Gasteiger partial charge in [0.15, 0.2) is 0 Å². The van der Waals surface area contributed by atoms with Crippen LogP contribution in [0, 0.1) is 0 Å². The Hall–Kier alpha value is -2.62. The van der Waals surface area contributed by atoms with Crippen molar-refractivity contribution in [1.82, 2.24) is 4.31 Å². The van der Waals surface area contributed by atoms with Crippen LogP contribution >= 0.6 is 0 Å². The summed E-state index contributed by atoms with van der Waals surface area (Å²) in [6.45, 7) is 5.39. The average molecular weight is 459 g/mol. The predicted molar refractivity (Wildman–Crippen MR) is 126 cm³/mol. The van der Waals surface area contributed by atoms with Crippen molar-refractivity contribution < 1.29 is 17.9 Å². The van der Waals surface area contributed by atoms with E-state index in [9.17, 15) is 13.2 Å². The summed E-state index contributed by atoms with van der Waals surface area (Å²) < 4.78 is 32.4. The molecule has 0 aliphatic carbocycles. The number of rotatable bonds is 7. The Balaban J connectivity index is 1.37. The Morgan fingerprint density at radius 1 is 0.969 bits per heavy atom. The molecule has 2 aromatic carbocycles. The van der Waals surface area contributed by atoms with E-state index >= 15 is 0 Å². The predicted octanol–water partition coefficient (Wildman–Crippen LogP) is 2.75. The number of sulfonamides is 1. The number of nitrogens with zero attached hydrogens (tertiary/aromatic N) is 2. The van der Waals surface area contributed by atoms with Gasteiger partial charge >= 0.3 is 0 Å². The molecule has 2 saturated heterocycles. The smallest absolute Gasteiger partial charge is 0.246 e. The lowest BCUT2D eigenvalue weighted by molar-refractivity contribution is -0.116. The lowest BCUT2D eigenvalue weighted by Gasteiger charge is -2.26. The van der Waals surface area contributed by atoms with Crippen molar-refractivity contribution in [2.45, 2.75) is 30.7 Å². The fourth-order valence-electron chi connectivity index (χ4n) is 3.98. The molecule has 172 valence electrons. The van der Waals surface area contributed by atoms with Gasteiger partial charge in [0.2, 0.25) is 15.9 Å². The lowest BCUT2D eigenvalue weighted by atomic mass is 10.2. The first-order chi connectivity index (χ1) is 15.4. The number of carbonyl (C=O) groups is 1. The number of morpholine rings is 1. The zero-order valence-electron chi connectivity index (χ0n) is 18.3. The van der Waals surface area contributed by atoms with Gasteiger partial charge in [-0.1, -0.05) is 6.07 Å². The zero-order chi connectivity index (χ0) is 22.6. The van der Waals surface area contributed by atoms with E-state index in [1.165, 1.54) is 28.9 Å². The second-order valence-corrected chi connectivity index (χ2v) is 10.1. The summed E-state index contributed by atoms with van der Waals surface area (Å²) in [6.07, 6.45) is 2.46. The first-order valence-corrected chi connectivity index (χ1v) is 12.5. The third-order valence-corrected chi connectivity index (χ3v) is 7.72. The number of benzene rings is 2. The number of hydrogen-bond acceptors (Lipinski definition) is 6. The summed E-state index contributed by atoms with van der Waals surface area (Å²) >= 11 is 0. The molecule has 0 bridgehead atoms. The maximum Gasteiger partial charge on any atom is 0.246 e. The average Bonchev–Trinajstić information content (AvgIpc) is 3.35. The molecule has 2 fully saturated rings. The van der Waals surface area contributed by atoms with Gasteiger partial charge < -0.3 is 20.3 Å². The molecule has 0 saturated carbocycles. The first-order valence-electron chi connectivity index (χ1n) is 11.0. The number of carbonyl (C=O) groups excluding carboxylic acids is 1. The SMILES string of the molecule is C[C@H](Nc1ccc(N2CCCC2)cc1)C(=O)Nc1cccc(S(=O)(=O)N2CCOCC2)c1. The van der Waals surface area contributed by atoms with Crippen LogP contribution in [0.25, 0.3) is 0 Å². The molecule has 2 aliphatic rings. The molecule has 32 heavy (non-hydrogen) atoms. The van der Waals surface area contributed by atoms with E-state index in [0.29, 0.717) is 32.0 Å². The molecule has 0 radical (unpaired) electrons. The molecule has 8 nitrogen and oxygen atoms in total. The number of hydrogen-bond donors (Lipinski definition) is 2. The first kappa shape index (κ1) is 22.6. The van der Waals surface area contributed by atoms with Crippen LogP contribution in [0.3, 0.4) is 0 Å². The molecule has 2 N–H and O–H groups in total. The third kappa shape index (κ3) is 5.23. The number of anilines is 3. The van der Waals surface area contributed by atoms with E-state index in [0.717, 1.165) is 18.8 Å². The fraction of sp³-hybridized carbons (Fsp3) is 0.435. The highest BCUT2D eigenvalue weighted by Crippen LogP contribution is 2.23. The Kier molecular flexibility index (Phi) is 6.98. The van der Waals surface area contributed by atoms with Gasteiger partial charge in [0.25, 0.3) is 0 Å². The maximum absolute atomic E-state index is 12.9. The van der Waals surface area contributed by atoms with Gasteiger partial charge in [-0.25, -0.2) is 8.42 Å². The van der Waals surface area contributed by atoms with Crippen molar-refractivity contribution in [3.05, 3.63) is 48.5 Å². The minimum Gasteiger partial charge on any atom is -0.379 e. The number of amides is 1. The fourth-order valence-corrected chi connectivity index (χ4v) is 5.43. The van der Waals surface area contributed by atoms with E-state index in [1.54, 1.807) is 25.1 Å². The second-order valence-electron chi connectivity index (χ2n) is 8.14. The molecule has 0 unspecified atom stereocenters. The Labute approximate surface area is 189 Å². The summed E-state index contributed by atoms with van der Waals surface area (Å²) in [5.74, 6) is -0.241. The van der Waals surface area contributed by atoms with Gasteiger partial charge in [-0.3, -0.25) is 4.79 Å². The molecule has 4 rings (SSSR count). The van der Waals surface area contributed by atoms with Crippen molar-refractivity contribution in [2.24, 2.45) is 0 Å². The molecule has 9 heteroatoms. The van der Waals surface area contributed by atoms with Crippen LogP contribution in [0.2, 0.25) is 0 Å². The molecular weight excluding hydrogens is 428 g/mol. The molecule has 0 aromatic heterocycles. The van der Waals surface area contributed by atoms with Crippen molar-refractivity contribution in [1.29, 1.82) is 0 Å². The summed E-state index contributed by atoms with van der Waals surface area (Å²) in [4.78, 5) is 15.2. The Morgan fingerprint density at radius 3 is 2.34 bits per heavy atom. The standard InChI is InChI=1S/C23H30N4O4S/c1-18(24-19-7-9-21(10-8-19)26-11-2-3-12-26)23(28)25-20-5-4-6-22(17-20)32(29,30)27-13-15-31-16-14-27/h4-10,17-18,24H,2-3,11-16H2,1H3,(H,25,28)/t18-/m0/s1. The number of nitrogens with one attached hydrogen (secondary N) is 2. The summed E-state index contributed by atoms with van der Waals surface area (Å²) in [5, 5.41) is 6.02. The van der Waals surface area contributed by atoms with Crippen LogP contribution in [-0.4, -0.2) is 64.1 Å². The van der Waals surface area contributed by atoms with Crippen LogP contribution < -0.4 is 15.5 Å². The summed E-state index contributed by atoms with van der Waals surface area (Å²) in [6, 6.07) is 14.0. The molecule has 2 aromatic rings. The van der Waals surface area contributed by atoms with Gasteiger partial charge in [-0.05, 0) is 62.2 Å². The summed E-state index contributed by atoms with van der Waals surface area (Å²) in [7, 11) is -3.62. The van der Waals surface area contributed by atoms with Crippen LogP contribution in [0.5, 0.6) is 0 Å². The van der Waals surface area contributed by atoms with E-state index in [4.69, 9.17) is 4.74 Å².